The van der Waals surface area contributed by atoms with Gasteiger partial charge in [0, 0.05) is 31.2 Å². The summed E-state index contributed by atoms with van der Waals surface area (Å²) in [5, 5.41) is 9.31. The molecule has 1 N–H and O–H groups in total. The molecule has 3 rings (SSSR count). The number of aliphatic carboxylic acids is 1. The molecule has 0 saturated carbocycles. The first kappa shape index (κ1) is 19.8. The summed E-state index contributed by atoms with van der Waals surface area (Å²) < 4.78 is 31.9. The molecule has 2 aliphatic heterocycles. The molecule has 2 fully saturated rings. The minimum Gasteiger partial charge on any atom is -0.481 e. The number of piperidine rings is 1. The maximum Gasteiger partial charge on any atom is 0.308 e. The molecular weight excluding hydrogens is 372 g/mol. The van der Waals surface area contributed by atoms with Crippen molar-refractivity contribution in [3.63, 3.8) is 0 Å². The van der Waals surface area contributed by atoms with Gasteiger partial charge < -0.3 is 14.7 Å². The highest BCUT2D eigenvalue weighted by Crippen LogP contribution is 2.26. The van der Waals surface area contributed by atoms with Crippen molar-refractivity contribution in [1.82, 2.24) is 9.21 Å². The van der Waals surface area contributed by atoms with Gasteiger partial charge in [0.15, 0.2) is 0 Å². The van der Waals surface area contributed by atoms with Gasteiger partial charge in [-0.15, -0.1) is 0 Å². The van der Waals surface area contributed by atoms with Gasteiger partial charge in [-0.05, 0) is 44.0 Å². The number of likely N-dealkylation sites (tertiary alicyclic amines) is 1. The number of rotatable bonds is 4. The number of morpholine rings is 1. The zero-order valence-electron chi connectivity index (χ0n) is 15.2. The first-order chi connectivity index (χ1) is 12.8. The van der Waals surface area contributed by atoms with Crippen molar-refractivity contribution < 1.29 is 27.9 Å². The minimum atomic E-state index is -3.61. The lowest BCUT2D eigenvalue weighted by Crippen LogP contribution is -2.49. The molecule has 0 spiro atoms. The number of carbonyl (C=O) groups is 2. The van der Waals surface area contributed by atoms with E-state index >= 15 is 0 Å². The minimum absolute atomic E-state index is 0.135. The molecule has 1 aromatic rings. The molecule has 2 saturated heterocycles. The van der Waals surface area contributed by atoms with E-state index in [9.17, 15) is 23.1 Å². The summed E-state index contributed by atoms with van der Waals surface area (Å²) in [6.07, 6.45) is 1.19. The highest BCUT2D eigenvalue weighted by molar-refractivity contribution is 7.89. The number of benzene rings is 1. The fraction of sp³-hybridized carbons (Fsp3) is 0.556. The second kappa shape index (κ2) is 7.95. The predicted molar refractivity (Wildman–Crippen MR) is 96.9 cm³/mol. The van der Waals surface area contributed by atoms with Crippen LogP contribution in [0.15, 0.2) is 29.2 Å². The number of carbonyl (C=O) groups excluding carboxylic acids is 1. The summed E-state index contributed by atoms with van der Waals surface area (Å²) in [5.74, 6) is -1.75. The van der Waals surface area contributed by atoms with E-state index in [1.54, 1.807) is 11.8 Å². The quantitative estimate of drug-likeness (QED) is 0.815. The van der Waals surface area contributed by atoms with Crippen LogP contribution in [-0.4, -0.2) is 73.5 Å². The summed E-state index contributed by atoms with van der Waals surface area (Å²) in [5.41, 5.74) is 0.355. The highest BCUT2D eigenvalue weighted by atomic mass is 32.2. The van der Waals surface area contributed by atoms with Gasteiger partial charge >= 0.3 is 5.97 Å². The van der Waals surface area contributed by atoms with Gasteiger partial charge in [-0.2, -0.15) is 4.31 Å². The van der Waals surface area contributed by atoms with Crippen molar-refractivity contribution in [2.24, 2.45) is 5.92 Å². The van der Waals surface area contributed by atoms with Crippen molar-refractivity contribution in [2.45, 2.75) is 30.7 Å². The van der Waals surface area contributed by atoms with Crippen LogP contribution in [0.3, 0.4) is 0 Å². The third kappa shape index (κ3) is 3.99. The molecule has 2 heterocycles. The molecule has 0 bridgehead atoms. The molecule has 1 amide bonds. The molecule has 0 aliphatic carbocycles. The summed E-state index contributed by atoms with van der Waals surface area (Å²) in [6, 6.07) is 5.45. The molecule has 1 aromatic carbocycles. The van der Waals surface area contributed by atoms with E-state index in [4.69, 9.17) is 4.74 Å². The number of hydrogen-bond acceptors (Lipinski definition) is 5. The Morgan fingerprint density at radius 1 is 1.11 bits per heavy atom. The molecule has 0 unspecified atom stereocenters. The summed E-state index contributed by atoms with van der Waals surface area (Å²) >= 11 is 0. The SMILES string of the molecule is C[C@@H]1[C@H](C(=O)O)CCCN1C(=O)c1ccc(S(=O)(=O)N2CCOCC2)cc1. The molecule has 2 atom stereocenters. The van der Waals surface area contributed by atoms with E-state index in [-0.39, 0.29) is 10.8 Å². The van der Waals surface area contributed by atoms with Crippen LogP contribution in [0.4, 0.5) is 0 Å². The Morgan fingerprint density at radius 3 is 2.33 bits per heavy atom. The van der Waals surface area contributed by atoms with Crippen molar-refractivity contribution >= 4 is 21.9 Å². The van der Waals surface area contributed by atoms with Crippen molar-refractivity contribution in [3.05, 3.63) is 29.8 Å². The van der Waals surface area contributed by atoms with Crippen LogP contribution in [0, 0.1) is 5.92 Å². The largest absolute Gasteiger partial charge is 0.481 e. The molecule has 2 aliphatic rings. The third-order valence-corrected chi connectivity index (χ3v) is 7.19. The number of hydrogen-bond donors (Lipinski definition) is 1. The predicted octanol–water partition coefficient (Wildman–Crippen LogP) is 1.03. The number of sulfonamides is 1. The molecule has 0 aromatic heterocycles. The van der Waals surface area contributed by atoms with Crippen LogP contribution < -0.4 is 0 Å². The van der Waals surface area contributed by atoms with Gasteiger partial charge in [0.25, 0.3) is 5.91 Å². The first-order valence-electron chi connectivity index (χ1n) is 9.04. The van der Waals surface area contributed by atoms with Gasteiger partial charge in [-0.1, -0.05) is 0 Å². The van der Waals surface area contributed by atoms with Crippen molar-refractivity contribution in [3.8, 4) is 0 Å². The normalized spacial score (nSPS) is 24.6. The number of amides is 1. The number of carboxylic acid groups (broad SMARTS) is 1. The monoisotopic (exact) mass is 396 g/mol. The second-order valence-corrected chi connectivity index (χ2v) is 8.80. The van der Waals surface area contributed by atoms with Gasteiger partial charge in [0.2, 0.25) is 10.0 Å². The van der Waals surface area contributed by atoms with Crippen LogP contribution >= 0.6 is 0 Å². The number of carboxylic acids is 1. The fourth-order valence-electron chi connectivity index (χ4n) is 3.63. The Bertz CT molecular complexity index is 802. The lowest BCUT2D eigenvalue weighted by atomic mass is 9.90. The fourth-order valence-corrected chi connectivity index (χ4v) is 5.04. The average molecular weight is 396 g/mol. The topological polar surface area (TPSA) is 104 Å². The Labute approximate surface area is 158 Å². The van der Waals surface area contributed by atoms with E-state index in [2.05, 4.69) is 0 Å². The maximum atomic E-state index is 12.8. The van der Waals surface area contributed by atoms with E-state index < -0.39 is 28.0 Å². The highest BCUT2D eigenvalue weighted by Gasteiger charge is 2.35. The van der Waals surface area contributed by atoms with Crippen LogP contribution in [0.25, 0.3) is 0 Å². The van der Waals surface area contributed by atoms with Crippen LogP contribution in [0.1, 0.15) is 30.1 Å². The molecule has 148 valence electrons. The Morgan fingerprint density at radius 2 is 1.74 bits per heavy atom. The maximum absolute atomic E-state index is 12.8. The van der Waals surface area contributed by atoms with E-state index in [1.807, 2.05) is 0 Å². The second-order valence-electron chi connectivity index (χ2n) is 6.87. The molecule has 27 heavy (non-hydrogen) atoms. The lowest BCUT2D eigenvalue weighted by Gasteiger charge is -2.37. The number of ether oxygens (including phenoxy) is 1. The zero-order chi connectivity index (χ0) is 19.6. The standard InChI is InChI=1S/C18H24N2O6S/c1-13-16(18(22)23)3-2-8-20(13)17(21)14-4-6-15(7-5-14)27(24,25)19-9-11-26-12-10-19/h4-7,13,16H,2-3,8-12H2,1H3,(H,22,23)/t13-,16-/m1/s1. The van der Waals surface area contributed by atoms with Gasteiger partial charge in [-0.3, -0.25) is 9.59 Å². The van der Waals surface area contributed by atoms with Crippen LogP contribution in [0.2, 0.25) is 0 Å². The molecular formula is C18H24N2O6S. The Kier molecular flexibility index (Phi) is 5.83. The average Bonchev–Trinajstić information content (AvgIpc) is 2.68. The zero-order valence-corrected chi connectivity index (χ0v) is 16.0. The van der Waals surface area contributed by atoms with Gasteiger partial charge in [-0.25, -0.2) is 8.42 Å². The summed E-state index contributed by atoms with van der Waals surface area (Å²) in [6.45, 7) is 3.60. The Hall–Kier alpha value is -1.97. The molecule has 9 heteroatoms. The first-order valence-corrected chi connectivity index (χ1v) is 10.5. The lowest BCUT2D eigenvalue weighted by molar-refractivity contribution is -0.144. The van der Waals surface area contributed by atoms with Gasteiger partial charge in [0.1, 0.15) is 0 Å². The Balaban J connectivity index is 1.76. The van der Waals surface area contributed by atoms with Crippen molar-refractivity contribution in [2.75, 3.05) is 32.8 Å². The summed E-state index contributed by atoms with van der Waals surface area (Å²) in [7, 11) is -3.61. The van der Waals surface area contributed by atoms with Crippen LogP contribution in [0.5, 0.6) is 0 Å². The smallest absolute Gasteiger partial charge is 0.308 e. The summed E-state index contributed by atoms with van der Waals surface area (Å²) in [4.78, 5) is 25.9. The van der Waals surface area contributed by atoms with Gasteiger partial charge in [0.05, 0.1) is 24.0 Å². The number of nitrogens with zero attached hydrogens (tertiary/aromatic N) is 2. The molecule has 0 radical (unpaired) electrons. The third-order valence-electron chi connectivity index (χ3n) is 5.28. The van der Waals surface area contributed by atoms with Crippen molar-refractivity contribution in [1.29, 1.82) is 0 Å². The van der Waals surface area contributed by atoms with E-state index in [0.29, 0.717) is 51.3 Å². The molecule has 8 nitrogen and oxygen atoms in total. The van der Waals surface area contributed by atoms with Crippen LogP contribution in [-0.2, 0) is 19.6 Å². The van der Waals surface area contributed by atoms with E-state index in [1.165, 1.54) is 28.6 Å². The van der Waals surface area contributed by atoms with E-state index in [0.717, 1.165) is 0 Å².